The molecular weight excluding hydrogens is 411 g/mol. The number of halogens is 3. The van der Waals surface area contributed by atoms with Crippen molar-refractivity contribution < 1.29 is 27.4 Å². The molecule has 0 bridgehead atoms. The van der Waals surface area contributed by atoms with Crippen molar-refractivity contribution in [2.24, 2.45) is 0 Å². The summed E-state index contributed by atoms with van der Waals surface area (Å²) in [5.41, 5.74) is 1.41. The van der Waals surface area contributed by atoms with Gasteiger partial charge in [-0.15, -0.1) is 13.2 Å². The summed E-state index contributed by atoms with van der Waals surface area (Å²) in [6.45, 7) is 2.01. The van der Waals surface area contributed by atoms with Crippen LogP contribution in [0.1, 0.15) is 15.9 Å². The molecule has 31 heavy (non-hydrogen) atoms. The fourth-order valence-corrected chi connectivity index (χ4v) is 3.44. The lowest BCUT2D eigenvalue weighted by Crippen LogP contribution is -2.40. The molecule has 0 atom stereocenters. The number of rotatable bonds is 5. The summed E-state index contributed by atoms with van der Waals surface area (Å²) in [5.74, 6) is -0.0317. The standard InChI is InChI=1S/C22H20F3N3O3/c23-22(24,25)31-19-8-4-1-5-15(19)14-26-20-13-17(16-6-2-3-7-18(16)27-20)21(29)28-9-11-30-12-10-28/h1-8,13H,9-12,14H2,(H,26,27). The van der Waals surface area contributed by atoms with Crippen molar-refractivity contribution in [2.45, 2.75) is 12.9 Å². The minimum absolute atomic E-state index is 0.0444. The highest BCUT2D eigenvalue weighted by molar-refractivity contribution is 6.07. The molecule has 4 rings (SSSR count). The van der Waals surface area contributed by atoms with Crippen LogP contribution in [0.15, 0.2) is 54.6 Å². The van der Waals surface area contributed by atoms with Gasteiger partial charge in [0.15, 0.2) is 0 Å². The Morgan fingerprint density at radius 2 is 1.81 bits per heavy atom. The SMILES string of the molecule is O=C(c1cc(NCc2ccccc2OC(F)(F)F)nc2ccccc12)N1CCOCC1. The number of para-hydroxylation sites is 2. The molecule has 2 aromatic carbocycles. The van der Waals surface area contributed by atoms with Crippen molar-refractivity contribution in [1.29, 1.82) is 0 Å². The largest absolute Gasteiger partial charge is 0.573 e. The molecule has 1 aromatic heterocycles. The molecule has 1 aliphatic rings. The van der Waals surface area contributed by atoms with E-state index in [1.807, 2.05) is 18.2 Å². The zero-order valence-corrected chi connectivity index (χ0v) is 16.5. The third-order valence-corrected chi connectivity index (χ3v) is 4.90. The second kappa shape index (κ2) is 8.81. The molecule has 1 aliphatic heterocycles. The molecule has 162 valence electrons. The van der Waals surface area contributed by atoms with E-state index in [9.17, 15) is 18.0 Å². The van der Waals surface area contributed by atoms with Crippen LogP contribution in [0, 0.1) is 0 Å². The van der Waals surface area contributed by atoms with Crippen LogP contribution in [0.5, 0.6) is 5.75 Å². The van der Waals surface area contributed by atoms with Crippen molar-refractivity contribution in [1.82, 2.24) is 9.88 Å². The van der Waals surface area contributed by atoms with E-state index in [1.54, 1.807) is 23.1 Å². The van der Waals surface area contributed by atoms with E-state index in [1.165, 1.54) is 18.2 Å². The van der Waals surface area contributed by atoms with E-state index >= 15 is 0 Å². The van der Waals surface area contributed by atoms with Gasteiger partial charge in [0.2, 0.25) is 0 Å². The summed E-state index contributed by atoms with van der Waals surface area (Å²) in [5, 5.41) is 3.74. The number of hydrogen-bond donors (Lipinski definition) is 1. The van der Waals surface area contributed by atoms with Crippen LogP contribution in [0.4, 0.5) is 19.0 Å². The Balaban J connectivity index is 1.61. The van der Waals surface area contributed by atoms with Gasteiger partial charge in [0.05, 0.1) is 24.3 Å². The minimum Gasteiger partial charge on any atom is -0.405 e. The highest BCUT2D eigenvalue weighted by Crippen LogP contribution is 2.28. The first kappa shape index (κ1) is 20.9. The van der Waals surface area contributed by atoms with Gasteiger partial charge in [-0.2, -0.15) is 0 Å². The van der Waals surface area contributed by atoms with E-state index in [-0.39, 0.29) is 18.2 Å². The quantitative estimate of drug-likeness (QED) is 0.656. The van der Waals surface area contributed by atoms with E-state index in [0.717, 1.165) is 0 Å². The highest BCUT2D eigenvalue weighted by atomic mass is 19.4. The van der Waals surface area contributed by atoms with Gasteiger partial charge in [-0.05, 0) is 18.2 Å². The number of anilines is 1. The third-order valence-electron chi connectivity index (χ3n) is 4.90. The number of nitrogens with zero attached hydrogens (tertiary/aromatic N) is 2. The van der Waals surface area contributed by atoms with Gasteiger partial charge in [0.25, 0.3) is 5.91 Å². The number of aromatic nitrogens is 1. The molecule has 0 spiro atoms. The summed E-state index contributed by atoms with van der Waals surface area (Å²) < 4.78 is 47.4. The number of alkyl halides is 3. The zero-order valence-electron chi connectivity index (χ0n) is 16.5. The van der Waals surface area contributed by atoms with Crippen LogP contribution in [0.25, 0.3) is 10.9 Å². The van der Waals surface area contributed by atoms with Crippen molar-refractivity contribution in [3.8, 4) is 5.75 Å². The monoisotopic (exact) mass is 431 g/mol. The molecule has 0 unspecified atom stereocenters. The summed E-state index contributed by atoms with van der Waals surface area (Å²) in [7, 11) is 0. The van der Waals surface area contributed by atoms with E-state index in [4.69, 9.17) is 4.74 Å². The van der Waals surface area contributed by atoms with Gasteiger partial charge in [-0.3, -0.25) is 4.79 Å². The van der Waals surface area contributed by atoms with Crippen molar-refractivity contribution in [3.05, 3.63) is 65.7 Å². The maximum atomic E-state index is 13.1. The number of amides is 1. The predicted octanol–water partition coefficient (Wildman–Crippen LogP) is 4.22. The molecule has 1 fully saturated rings. The lowest BCUT2D eigenvalue weighted by atomic mass is 10.1. The molecule has 9 heteroatoms. The molecule has 0 aliphatic carbocycles. The lowest BCUT2D eigenvalue weighted by Gasteiger charge is -2.27. The van der Waals surface area contributed by atoms with Crippen LogP contribution in [0.2, 0.25) is 0 Å². The smallest absolute Gasteiger partial charge is 0.405 e. The van der Waals surface area contributed by atoms with Gasteiger partial charge in [-0.1, -0.05) is 36.4 Å². The second-order valence-corrected chi connectivity index (χ2v) is 6.99. The number of carbonyl (C=O) groups excluding carboxylic acids is 1. The summed E-state index contributed by atoms with van der Waals surface area (Å²) in [4.78, 5) is 19.4. The molecule has 0 radical (unpaired) electrons. The van der Waals surface area contributed by atoms with Crippen LogP contribution < -0.4 is 10.1 Å². The Bertz CT molecular complexity index is 1080. The van der Waals surface area contributed by atoms with Crippen LogP contribution in [-0.2, 0) is 11.3 Å². The van der Waals surface area contributed by atoms with Gasteiger partial charge in [0, 0.05) is 30.6 Å². The number of morpholine rings is 1. The van der Waals surface area contributed by atoms with Crippen LogP contribution in [-0.4, -0.2) is 48.5 Å². The molecule has 0 saturated carbocycles. The normalized spacial score (nSPS) is 14.5. The zero-order chi connectivity index (χ0) is 21.8. The number of fused-ring (bicyclic) bond motifs is 1. The van der Waals surface area contributed by atoms with Crippen molar-refractivity contribution >= 4 is 22.6 Å². The number of hydrogen-bond acceptors (Lipinski definition) is 5. The van der Waals surface area contributed by atoms with E-state index < -0.39 is 6.36 Å². The Hall–Kier alpha value is -3.33. The maximum absolute atomic E-state index is 13.1. The summed E-state index contributed by atoms with van der Waals surface area (Å²) in [6.07, 6.45) is -4.78. The first-order chi connectivity index (χ1) is 14.9. The Morgan fingerprint density at radius 3 is 2.58 bits per heavy atom. The second-order valence-electron chi connectivity index (χ2n) is 6.99. The van der Waals surface area contributed by atoms with Gasteiger partial charge in [0.1, 0.15) is 11.6 Å². The topological polar surface area (TPSA) is 63.7 Å². The molecule has 1 N–H and O–H groups in total. The van der Waals surface area contributed by atoms with E-state index in [2.05, 4.69) is 15.0 Å². The molecule has 6 nitrogen and oxygen atoms in total. The molecule has 3 aromatic rings. The molecule has 1 amide bonds. The molecule has 1 saturated heterocycles. The summed E-state index contributed by atoms with van der Waals surface area (Å²) in [6, 6.07) is 14.8. The van der Waals surface area contributed by atoms with Crippen molar-refractivity contribution in [3.63, 3.8) is 0 Å². The van der Waals surface area contributed by atoms with Gasteiger partial charge >= 0.3 is 6.36 Å². The third kappa shape index (κ3) is 5.05. The predicted molar refractivity (Wildman–Crippen MR) is 109 cm³/mol. The lowest BCUT2D eigenvalue weighted by molar-refractivity contribution is -0.274. The van der Waals surface area contributed by atoms with Gasteiger partial charge in [-0.25, -0.2) is 4.98 Å². The maximum Gasteiger partial charge on any atom is 0.573 e. The van der Waals surface area contributed by atoms with E-state index in [0.29, 0.717) is 54.2 Å². The Kier molecular flexibility index (Phi) is 5.94. The van der Waals surface area contributed by atoms with Gasteiger partial charge < -0.3 is 19.7 Å². The number of pyridine rings is 1. The van der Waals surface area contributed by atoms with Crippen LogP contribution >= 0.6 is 0 Å². The Labute approximate surface area is 176 Å². The number of nitrogens with one attached hydrogen (secondary N) is 1. The molecular formula is C22H20F3N3O3. The fraction of sp³-hybridized carbons (Fsp3) is 0.273. The van der Waals surface area contributed by atoms with Crippen LogP contribution in [0.3, 0.4) is 0 Å². The minimum atomic E-state index is -4.78. The number of benzene rings is 2. The summed E-state index contributed by atoms with van der Waals surface area (Å²) >= 11 is 0. The Morgan fingerprint density at radius 1 is 1.10 bits per heavy atom. The highest BCUT2D eigenvalue weighted by Gasteiger charge is 2.32. The van der Waals surface area contributed by atoms with Crippen molar-refractivity contribution in [2.75, 3.05) is 31.6 Å². The molecule has 2 heterocycles. The first-order valence-electron chi connectivity index (χ1n) is 9.75. The number of ether oxygens (including phenoxy) is 2. The fourth-order valence-electron chi connectivity index (χ4n) is 3.44. The first-order valence-corrected chi connectivity index (χ1v) is 9.75. The number of carbonyl (C=O) groups is 1. The average Bonchev–Trinajstić information content (AvgIpc) is 2.77. The average molecular weight is 431 g/mol.